The third-order valence-corrected chi connectivity index (χ3v) is 5.51. The Labute approximate surface area is 91.9 Å². The lowest BCUT2D eigenvalue weighted by atomic mass is 9.63. The molecule has 0 aromatic carbocycles. The molecule has 82 valence electrons. The number of hydrogen-bond acceptors (Lipinski definition) is 1. The number of allylic oxidation sites excluding steroid dienone is 2. The lowest BCUT2D eigenvalue weighted by Crippen LogP contribution is -2.35. The van der Waals surface area contributed by atoms with Gasteiger partial charge in [-0.15, -0.1) is 0 Å². The van der Waals surface area contributed by atoms with Gasteiger partial charge < -0.3 is 4.74 Å². The monoisotopic (exact) mass is 204 g/mol. The van der Waals surface area contributed by atoms with Crippen LogP contribution < -0.4 is 0 Å². The van der Waals surface area contributed by atoms with E-state index in [2.05, 4.69) is 12.2 Å². The molecule has 1 saturated heterocycles. The van der Waals surface area contributed by atoms with Gasteiger partial charge in [0.05, 0.1) is 12.7 Å². The van der Waals surface area contributed by atoms with Crippen molar-refractivity contribution in [2.24, 2.45) is 23.2 Å². The van der Waals surface area contributed by atoms with Crippen LogP contribution in [0.3, 0.4) is 0 Å². The summed E-state index contributed by atoms with van der Waals surface area (Å²) in [5.41, 5.74) is 0.604. The number of hydrogen-bond donors (Lipinski definition) is 0. The van der Waals surface area contributed by atoms with Gasteiger partial charge in [-0.05, 0) is 55.3 Å². The average molecular weight is 204 g/mol. The van der Waals surface area contributed by atoms with Crippen molar-refractivity contribution >= 4 is 0 Å². The highest BCUT2D eigenvalue weighted by atomic mass is 16.5. The second kappa shape index (κ2) is 2.88. The molecule has 5 atom stereocenters. The van der Waals surface area contributed by atoms with Crippen LogP contribution in [0.4, 0.5) is 0 Å². The summed E-state index contributed by atoms with van der Waals surface area (Å²) in [6, 6.07) is 0. The van der Waals surface area contributed by atoms with E-state index in [0.29, 0.717) is 11.5 Å². The van der Waals surface area contributed by atoms with E-state index in [1.54, 1.807) is 0 Å². The molecule has 0 radical (unpaired) electrons. The molecule has 4 aliphatic rings. The van der Waals surface area contributed by atoms with Crippen LogP contribution in [0.1, 0.15) is 38.5 Å². The second-order valence-corrected chi connectivity index (χ2v) is 6.28. The Morgan fingerprint density at radius 1 is 1.20 bits per heavy atom. The minimum absolute atomic E-state index is 0.604. The normalized spacial score (nSPS) is 56.5. The Hall–Kier alpha value is -0.300. The molecule has 5 unspecified atom stereocenters. The van der Waals surface area contributed by atoms with Crippen molar-refractivity contribution in [1.82, 2.24) is 0 Å². The van der Waals surface area contributed by atoms with E-state index in [-0.39, 0.29) is 0 Å². The van der Waals surface area contributed by atoms with Gasteiger partial charge in [-0.3, -0.25) is 0 Å². The highest BCUT2D eigenvalue weighted by Gasteiger charge is 2.53. The molecule has 1 aliphatic heterocycles. The summed E-state index contributed by atoms with van der Waals surface area (Å²) in [5.74, 6) is 2.81. The van der Waals surface area contributed by atoms with Crippen molar-refractivity contribution in [3.63, 3.8) is 0 Å². The lowest BCUT2D eigenvalue weighted by molar-refractivity contribution is 0.0830. The van der Waals surface area contributed by atoms with Crippen molar-refractivity contribution in [2.45, 2.75) is 44.6 Å². The predicted octanol–water partition coefficient (Wildman–Crippen LogP) is 3.16. The summed E-state index contributed by atoms with van der Waals surface area (Å²) < 4.78 is 5.98. The van der Waals surface area contributed by atoms with E-state index in [0.717, 1.165) is 24.4 Å². The SMILES string of the molecule is C1=CC2CC1CC2C12CCCC(C1)OC2. The van der Waals surface area contributed by atoms with Gasteiger partial charge in [0.2, 0.25) is 0 Å². The highest BCUT2D eigenvalue weighted by Crippen LogP contribution is 2.58. The third kappa shape index (κ3) is 1.13. The third-order valence-electron chi connectivity index (χ3n) is 5.51. The first kappa shape index (κ1) is 8.81. The van der Waals surface area contributed by atoms with Gasteiger partial charge in [0.15, 0.2) is 0 Å². The van der Waals surface area contributed by atoms with Gasteiger partial charge >= 0.3 is 0 Å². The van der Waals surface area contributed by atoms with Crippen LogP contribution in [-0.4, -0.2) is 12.7 Å². The average Bonchev–Trinajstić information content (AvgIpc) is 2.94. The van der Waals surface area contributed by atoms with Crippen molar-refractivity contribution in [2.75, 3.05) is 6.61 Å². The summed E-state index contributed by atoms with van der Waals surface area (Å²) in [4.78, 5) is 0. The standard InChI is InChI=1S/C14H20O/c1-2-12-8-14(5-1,9-15-12)13-7-10-3-4-11(13)6-10/h3-4,10-13H,1-2,5-9H2. The van der Waals surface area contributed by atoms with Gasteiger partial charge in [-0.2, -0.15) is 0 Å². The Bertz CT molecular complexity index is 304. The maximum atomic E-state index is 5.98. The molecule has 15 heavy (non-hydrogen) atoms. The van der Waals surface area contributed by atoms with Crippen molar-refractivity contribution < 1.29 is 4.74 Å². The van der Waals surface area contributed by atoms with Crippen LogP contribution in [0.2, 0.25) is 0 Å². The molecular formula is C14H20O. The van der Waals surface area contributed by atoms with Gasteiger partial charge in [0.25, 0.3) is 0 Å². The maximum absolute atomic E-state index is 5.98. The topological polar surface area (TPSA) is 9.23 Å². The molecular weight excluding hydrogens is 184 g/mol. The zero-order chi connectivity index (χ0) is 9.88. The van der Waals surface area contributed by atoms with Crippen molar-refractivity contribution in [3.8, 4) is 0 Å². The van der Waals surface area contributed by atoms with Gasteiger partial charge in [-0.1, -0.05) is 18.6 Å². The van der Waals surface area contributed by atoms with E-state index in [1.165, 1.54) is 38.5 Å². The van der Waals surface area contributed by atoms with E-state index < -0.39 is 0 Å². The molecule has 3 fully saturated rings. The molecule has 0 N–H and O–H groups in total. The minimum atomic E-state index is 0.604. The zero-order valence-corrected chi connectivity index (χ0v) is 9.32. The molecule has 4 rings (SSSR count). The molecule has 0 spiro atoms. The van der Waals surface area contributed by atoms with Crippen LogP contribution in [0, 0.1) is 23.2 Å². The maximum Gasteiger partial charge on any atom is 0.0581 e. The van der Waals surface area contributed by atoms with Crippen LogP contribution in [0.25, 0.3) is 0 Å². The fraction of sp³-hybridized carbons (Fsp3) is 0.857. The van der Waals surface area contributed by atoms with Crippen molar-refractivity contribution in [3.05, 3.63) is 12.2 Å². The number of ether oxygens (including phenoxy) is 1. The largest absolute Gasteiger partial charge is 0.378 e. The predicted molar refractivity (Wildman–Crippen MR) is 59.5 cm³/mol. The Balaban J connectivity index is 1.64. The van der Waals surface area contributed by atoms with Gasteiger partial charge in [-0.25, -0.2) is 0 Å². The Morgan fingerprint density at radius 3 is 3.00 bits per heavy atom. The first-order chi connectivity index (χ1) is 7.36. The molecule has 0 aromatic rings. The summed E-state index contributed by atoms with van der Waals surface area (Å²) >= 11 is 0. The molecule has 0 aromatic heterocycles. The minimum Gasteiger partial charge on any atom is -0.378 e. The molecule has 4 bridgehead atoms. The fourth-order valence-electron chi connectivity index (χ4n) is 4.83. The van der Waals surface area contributed by atoms with Gasteiger partial charge in [0.1, 0.15) is 0 Å². The van der Waals surface area contributed by atoms with E-state index in [9.17, 15) is 0 Å². The van der Waals surface area contributed by atoms with E-state index in [4.69, 9.17) is 4.74 Å². The second-order valence-electron chi connectivity index (χ2n) is 6.28. The molecule has 1 heterocycles. The van der Waals surface area contributed by atoms with Crippen LogP contribution in [0.15, 0.2) is 12.2 Å². The van der Waals surface area contributed by atoms with Crippen LogP contribution in [-0.2, 0) is 4.74 Å². The van der Waals surface area contributed by atoms with Crippen LogP contribution in [0.5, 0.6) is 0 Å². The Kier molecular flexibility index (Phi) is 1.69. The highest BCUT2D eigenvalue weighted by molar-refractivity contribution is 5.14. The lowest BCUT2D eigenvalue weighted by Gasteiger charge is -2.40. The molecule has 2 saturated carbocycles. The Morgan fingerprint density at radius 2 is 2.20 bits per heavy atom. The molecule has 0 amide bonds. The van der Waals surface area contributed by atoms with Crippen molar-refractivity contribution in [1.29, 1.82) is 0 Å². The zero-order valence-electron chi connectivity index (χ0n) is 9.32. The van der Waals surface area contributed by atoms with Gasteiger partial charge in [0, 0.05) is 0 Å². The van der Waals surface area contributed by atoms with E-state index >= 15 is 0 Å². The first-order valence-corrected chi connectivity index (χ1v) is 6.66. The number of rotatable bonds is 1. The summed E-state index contributed by atoms with van der Waals surface area (Å²) in [5, 5.41) is 0. The summed E-state index contributed by atoms with van der Waals surface area (Å²) in [7, 11) is 0. The fourth-order valence-corrected chi connectivity index (χ4v) is 4.83. The number of fused-ring (bicyclic) bond motifs is 4. The molecule has 3 aliphatic carbocycles. The smallest absolute Gasteiger partial charge is 0.0581 e. The quantitative estimate of drug-likeness (QED) is 0.596. The summed E-state index contributed by atoms with van der Waals surface area (Å²) in [6.07, 6.45) is 14.1. The molecule has 1 heteroatoms. The first-order valence-electron chi connectivity index (χ1n) is 6.66. The molecule has 1 nitrogen and oxygen atoms in total. The summed E-state index contributed by atoms with van der Waals surface area (Å²) in [6.45, 7) is 1.08. The van der Waals surface area contributed by atoms with E-state index in [1.807, 2.05) is 0 Å². The van der Waals surface area contributed by atoms with Crippen LogP contribution >= 0.6 is 0 Å².